The van der Waals surface area contributed by atoms with Crippen LogP contribution in [0.5, 0.6) is 0 Å². The van der Waals surface area contributed by atoms with Gasteiger partial charge in [-0.1, -0.05) is 6.07 Å². The quantitative estimate of drug-likeness (QED) is 0.196. The van der Waals surface area contributed by atoms with Gasteiger partial charge in [0.2, 0.25) is 0 Å². The van der Waals surface area contributed by atoms with Gasteiger partial charge in [-0.15, -0.1) is 5.10 Å². The predicted octanol–water partition coefficient (Wildman–Crippen LogP) is 1.53. The van der Waals surface area contributed by atoms with Crippen LogP contribution in [0, 0.1) is 0 Å². The second kappa shape index (κ2) is 9.19. The molecular formula is C15H20N4O4. The van der Waals surface area contributed by atoms with Gasteiger partial charge in [0.15, 0.2) is 11.4 Å². The van der Waals surface area contributed by atoms with Crippen LogP contribution in [0.25, 0.3) is 0 Å². The lowest BCUT2D eigenvalue weighted by Crippen LogP contribution is -2.25. The summed E-state index contributed by atoms with van der Waals surface area (Å²) >= 11 is 0. The number of carbonyl (C=O) groups is 1. The lowest BCUT2D eigenvalue weighted by atomic mass is 10.2. The van der Waals surface area contributed by atoms with E-state index in [0.29, 0.717) is 11.4 Å². The van der Waals surface area contributed by atoms with Crippen molar-refractivity contribution in [2.75, 3.05) is 13.2 Å². The topological polar surface area (TPSA) is 119 Å². The van der Waals surface area contributed by atoms with E-state index in [9.17, 15) is 9.90 Å². The van der Waals surface area contributed by atoms with Crippen LogP contribution in [0.1, 0.15) is 26.5 Å². The first-order valence-corrected chi connectivity index (χ1v) is 7.03. The fourth-order valence-corrected chi connectivity index (χ4v) is 1.52. The van der Waals surface area contributed by atoms with Gasteiger partial charge in [0, 0.05) is 6.20 Å². The molecule has 0 atom stereocenters. The molecular weight excluding hydrogens is 300 g/mol. The maximum atomic E-state index is 11.9. The number of hydrogen-bond donors (Lipinski definition) is 2. The summed E-state index contributed by atoms with van der Waals surface area (Å²) < 4.78 is 9.72. The Kier molecular flexibility index (Phi) is 7.25. The van der Waals surface area contributed by atoms with Crippen LogP contribution < -0.4 is 5.73 Å². The second-order valence-corrected chi connectivity index (χ2v) is 4.22. The molecule has 0 saturated carbocycles. The molecule has 1 rings (SSSR count). The van der Waals surface area contributed by atoms with Crippen LogP contribution in [-0.2, 0) is 14.3 Å². The molecule has 8 heteroatoms. The smallest absolute Gasteiger partial charge is 0.349 e. The van der Waals surface area contributed by atoms with Crippen molar-refractivity contribution < 1.29 is 19.4 Å². The van der Waals surface area contributed by atoms with Gasteiger partial charge < -0.3 is 20.3 Å². The summed E-state index contributed by atoms with van der Waals surface area (Å²) in [6.07, 6.45) is 1.62. The molecule has 0 amide bonds. The molecule has 0 aliphatic rings. The highest BCUT2D eigenvalue weighted by Crippen LogP contribution is 2.08. The Morgan fingerprint density at radius 2 is 1.96 bits per heavy atom. The third-order valence-corrected chi connectivity index (χ3v) is 2.57. The molecule has 0 spiro atoms. The van der Waals surface area contributed by atoms with Crippen molar-refractivity contribution in [1.29, 1.82) is 0 Å². The van der Waals surface area contributed by atoms with E-state index >= 15 is 0 Å². The largest absolute Gasteiger partial charge is 0.480 e. The Labute approximate surface area is 134 Å². The van der Waals surface area contributed by atoms with E-state index in [2.05, 4.69) is 15.2 Å². The Bertz CT molecular complexity index is 624. The first-order valence-electron chi connectivity index (χ1n) is 7.03. The van der Waals surface area contributed by atoms with Gasteiger partial charge in [-0.2, -0.15) is 5.10 Å². The molecule has 8 nitrogen and oxygen atoms in total. The number of pyridine rings is 1. The normalized spacial score (nSPS) is 13.3. The molecule has 0 aliphatic carbocycles. The third kappa shape index (κ3) is 5.42. The third-order valence-electron chi connectivity index (χ3n) is 2.57. The second-order valence-electron chi connectivity index (χ2n) is 4.22. The molecule has 0 unspecified atom stereocenters. The molecule has 0 aromatic carbocycles. The maximum Gasteiger partial charge on any atom is 0.349 e. The van der Waals surface area contributed by atoms with Gasteiger partial charge >= 0.3 is 5.97 Å². The monoisotopic (exact) mass is 320 g/mol. The number of ether oxygens (including phenoxy) is 2. The summed E-state index contributed by atoms with van der Waals surface area (Å²) in [5, 5.41) is 17.5. The average Bonchev–Trinajstić information content (AvgIpc) is 2.54. The van der Waals surface area contributed by atoms with Gasteiger partial charge in [-0.05, 0) is 32.9 Å². The van der Waals surface area contributed by atoms with E-state index in [0.717, 1.165) is 0 Å². The summed E-state index contributed by atoms with van der Waals surface area (Å²) in [5.74, 6) is -1.81. The molecule has 0 saturated heterocycles. The molecule has 0 aliphatic heterocycles. The SMILES string of the molecule is CCOC(=O)C(=C(/O)OCC)/C(N)=N\N=C(\C)c1ccccn1. The summed E-state index contributed by atoms with van der Waals surface area (Å²) in [4.78, 5) is 16.0. The Balaban J connectivity index is 3.11. The molecule has 1 aromatic heterocycles. The first-order chi connectivity index (χ1) is 11.0. The highest BCUT2D eigenvalue weighted by atomic mass is 16.6. The minimum atomic E-state index is -0.842. The lowest BCUT2D eigenvalue weighted by Gasteiger charge is -2.08. The number of aliphatic hydroxyl groups is 1. The molecule has 0 radical (unpaired) electrons. The van der Waals surface area contributed by atoms with Crippen molar-refractivity contribution in [2.45, 2.75) is 20.8 Å². The van der Waals surface area contributed by atoms with E-state index < -0.39 is 11.9 Å². The number of aromatic nitrogens is 1. The highest BCUT2D eigenvalue weighted by molar-refractivity contribution is 6.18. The molecule has 124 valence electrons. The van der Waals surface area contributed by atoms with Crippen molar-refractivity contribution in [3.63, 3.8) is 0 Å². The standard InChI is InChI=1S/C15H20N4O4/c1-4-22-14(20)12(15(21)23-5-2)13(16)19-18-10(3)11-8-6-7-9-17-11/h6-9,20H,4-5H2,1-3H3,(H2,16,19)/b14-12-,18-10-. The molecule has 1 heterocycles. The first kappa shape index (κ1) is 18.1. The summed E-state index contributed by atoms with van der Waals surface area (Å²) in [6, 6.07) is 5.33. The number of carbonyl (C=O) groups excluding carboxylic acids is 1. The van der Waals surface area contributed by atoms with E-state index in [-0.39, 0.29) is 24.6 Å². The van der Waals surface area contributed by atoms with E-state index in [4.69, 9.17) is 15.2 Å². The number of amidine groups is 1. The zero-order valence-corrected chi connectivity index (χ0v) is 13.3. The molecule has 3 N–H and O–H groups in total. The van der Waals surface area contributed by atoms with Gasteiger partial charge in [-0.3, -0.25) is 4.98 Å². The van der Waals surface area contributed by atoms with Crippen LogP contribution in [0.3, 0.4) is 0 Å². The number of nitrogens with zero attached hydrogens (tertiary/aromatic N) is 3. The molecule has 1 aromatic rings. The van der Waals surface area contributed by atoms with Crippen LogP contribution in [0.2, 0.25) is 0 Å². The Morgan fingerprint density at radius 3 is 2.52 bits per heavy atom. The fraction of sp³-hybridized carbons (Fsp3) is 0.333. The average molecular weight is 320 g/mol. The fourth-order valence-electron chi connectivity index (χ4n) is 1.52. The van der Waals surface area contributed by atoms with Gasteiger partial charge in [0.05, 0.1) is 24.6 Å². The molecule has 0 fully saturated rings. The molecule has 23 heavy (non-hydrogen) atoms. The minimum absolute atomic E-state index is 0.116. The van der Waals surface area contributed by atoms with Crippen LogP contribution in [0.15, 0.2) is 46.1 Å². The highest BCUT2D eigenvalue weighted by Gasteiger charge is 2.22. The summed E-state index contributed by atoms with van der Waals surface area (Å²) in [6.45, 7) is 5.23. The van der Waals surface area contributed by atoms with E-state index in [1.165, 1.54) is 0 Å². The van der Waals surface area contributed by atoms with Crippen LogP contribution >= 0.6 is 0 Å². The van der Waals surface area contributed by atoms with Gasteiger partial charge in [0.25, 0.3) is 5.95 Å². The summed E-state index contributed by atoms with van der Waals surface area (Å²) in [5.41, 5.74) is 6.47. The van der Waals surface area contributed by atoms with Crippen molar-refractivity contribution in [3.8, 4) is 0 Å². The van der Waals surface area contributed by atoms with E-state index in [1.54, 1.807) is 45.2 Å². The van der Waals surface area contributed by atoms with E-state index in [1.807, 2.05) is 0 Å². The maximum absolute atomic E-state index is 11.9. The zero-order valence-electron chi connectivity index (χ0n) is 13.3. The zero-order chi connectivity index (χ0) is 17.2. The van der Waals surface area contributed by atoms with Crippen molar-refractivity contribution in [1.82, 2.24) is 4.98 Å². The van der Waals surface area contributed by atoms with Crippen LogP contribution in [-0.4, -0.2) is 40.8 Å². The number of rotatable bonds is 7. The van der Waals surface area contributed by atoms with Gasteiger partial charge in [-0.25, -0.2) is 4.79 Å². The predicted molar refractivity (Wildman–Crippen MR) is 86.0 cm³/mol. The minimum Gasteiger partial charge on any atom is -0.480 e. The molecule has 0 bridgehead atoms. The summed E-state index contributed by atoms with van der Waals surface area (Å²) in [7, 11) is 0. The van der Waals surface area contributed by atoms with Gasteiger partial charge in [0.1, 0.15) is 0 Å². The lowest BCUT2D eigenvalue weighted by molar-refractivity contribution is -0.138. The van der Waals surface area contributed by atoms with Crippen molar-refractivity contribution >= 4 is 17.5 Å². The number of nitrogens with two attached hydrogens (primary N) is 1. The number of aliphatic hydroxyl groups excluding tert-OH is 1. The Morgan fingerprint density at radius 1 is 1.26 bits per heavy atom. The van der Waals surface area contributed by atoms with Crippen LogP contribution in [0.4, 0.5) is 0 Å². The Hall–Kier alpha value is -2.90. The number of hydrogen-bond acceptors (Lipinski definition) is 7. The van der Waals surface area contributed by atoms with Crippen molar-refractivity contribution in [2.24, 2.45) is 15.9 Å². The van der Waals surface area contributed by atoms with Crippen molar-refractivity contribution in [3.05, 3.63) is 41.6 Å². The number of esters is 1.